The van der Waals surface area contributed by atoms with Crippen molar-refractivity contribution in [3.8, 4) is 11.5 Å². The molecular weight excluding hydrogens is 370 g/mol. The minimum atomic E-state index is -0.520. The molecule has 0 saturated heterocycles. The third-order valence-corrected chi connectivity index (χ3v) is 5.91. The van der Waals surface area contributed by atoms with E-state index in [1.54, 1.807) is 17.0 Å². The van der Waals surface area contributed by atoms with Gasteiger partial charge in [0.25, 0.3) is 5.91 Å². The normalized spacial score (nSPS) is 23.0. The summed E-state index contributed by atoms with van der Waals surface area (Å²) in [5.41, 5.74) is 2.55. The lowest BCUT2D eigenvalue weighted by Crippen LogP contribution is -2.44. The Hall–Kier alpha value is -3.15. The molecule has 3 aliphatic rings. The Morgan fingerprint density at radius 3 is 2.76 bits per heavy atom. The van der Waals surface area contributed by atoms with Crippen LogP contribution in [0.15, 0.2) is 42.5 Å². The lowest BCUT2D eigenvalue weighted by molar-refractivity contribution is -0.133. The number of amides is 1. The van der Waals surface area contributed by atoms with E-state index in [0.717, 1.165) is 17.7 Å². The molecule has 0 bridgehead atoms. The summed E-state index contributed by atoms with van der Waals surface area (Å²) < 4.78 is 12.0. The Morgan fingerprint density at radius 1 is 1.07 bits per heavy atom. The van der Waals surface area contributed by atoms with Gasteiger partial charge in [-0.3, -0.25) is 14.4 Å². The summed E-state index contributed by atoms with van der Waals surface area (Å²) in [6.45, 7) is 0.719. The first-order chi connectivity index (χ1) is 14.1. The second kappa shape index (κ2) is 7.03. The fraction of sp³-hybridized carbons (Fsp3) is 0.348. The number of nitrogens with zero attached hydrogens (tertiary/aromatic N) is 1. The standard InChI is InChI=1S/C23H21NO5/c25-15-8-9-19(20(26)11-15)24-12-18-17(23(24)27)5-3-7-22(18)28-13-16-10-14-4-1-2-6-21(14)29-16/h1-7,16,19H,8-13H2. The number of hydrogen-bond donors (Lipinski definition) is 0. The highest BCUT2D eigenvalue weighted by Crippen LogP contribution is 2.35. The van der Waals surface area contributed by atoms with Crippen molar-refractivity contribution in [2.45, 2.75) is 44.4 Å². The van der Waals surface area contributed by atoms with Gasteiger partial charge < -0.3 is 14.4 Å². The van der Waals surface area contributed by atoms with E-state index in [-0.39, 0.29) is 30.0 Å². The second-order valence-electron chi connectivity index (χ2n) is 7.81. The molecule has 29 heavy (non-hydrogen) atoms. The van der Waals surface area contributed by atoms with Crippen molar-refractivity contribution in [2.24, 2.45) is 0 Å². The minimum absolute atomic E-state index is 0.0445. The van der Waals surface area contributed by atoms with Crippen molar-refractivity contribution in [3.05, 3.63) is 59.2 Å². The molecule has 2 atom stereocenters. The summed E-state index contributed by atoms with van der Waals surface area (Å²) in [7, 11) is 0. The van der Waals surface area contributed by atoms with Gasteiger partial charge in [0.15, 0.2) is 5.78 Å². The molecule has 1 amide bonds. The largest absolute Gasteiger partial charge is 0.489 e. The number of para-hydroxylation sites is 1. The molecule has 0 spiro atoms. The maximum absolute atomic E-state index is 12.9. The highest BCUT2D eigenvalue weighted by Gasteiger charge is 2.40. The average Bonchev–Trinajstić information content (AvgIpc) is 3.28. The van der Waals surface area contributed by atoms with E-state index in [0.29, 0.717) is 37.3 Å². The number of ether oxygens (including phenoxy) is 2. The average molecular weight is 391 g/mol. The van der Waals surface area contributed by atoms with Crippen molar-refractivity contribution >= 4 is 17.5 Å². The maximum Gasteiger partial charge on any atom is 0.255 e. The van der Waals surface area contributed by atoms with E-state index < -0.39 is 6.04 Å². The molecule has 2 aromatic rings. The number of hydrogen-bond acceptors (Lipinski definition) is 5. The van der Waals surface area contributed by atoms with Gasteiger partial charge in [-0.15, -0.1) is 0 Å². The number of carbonyl (C=O) groups excluding carboxylic acids is 3. The van der Waals surface area contributed by atoms with Gasteiger partial charge >= 0.3 is 0 Å². The summed E-state index contributed by atoms with van der Waals surface area (Å²) in [4.78, 5) is 38.3. The molecule has 148 valence electrons. The van der Waals surface area contributed by atoms with E-state index >= 15 is 0 Å². The molecule has 2 aliphatic heterocycles. The van der Waals surface area contributed by atoms with Crippen LogP contribution in [0.4, 0.5) is 0 Å². The molecule has 6 nitrogen and oxygen atoms in total. The van der Waals surface area contributed by atoms with Gasteiger partial charge in [-0.05, 0) is 30.2 Å². The first kappa shape index (κ1) is 17.9. The minimum Gasteiger partial charge on any atom is -0.489 e. The zero-order valence-corrected chi connectivity index (χ0v) is 15.9. The topological polar surface area (TPSA) is 72.9 Å². The number of Topliss-reactive ketones (excluding diaryl/α,β-unsaturated/α-hetero) is 2. The molecule has 1 aliphatic carbocycles. The number of rotatable bonds is 4. The van der Waals surface area contributed by atoms with E-state index in [1.807, 2.05) is 24.3 Å². The first-order valence-electron chi connectivity index (χ1n) is 9.95. The van der Waals surface area contributed by atoms with Crippen LogP contribution in [0.1, 0.15) is 40.7 Å². The smallest absolute Gasteiger partial charge is 0.255 e. The Bertz CT molecular complexity index is 989. The molecule has 2 heterocycles. The Morgan fingerprint density at radius 2 is 1.93 bits per heavy atom. The molecule has 1 saturated carbocycles. The van der Waals surface area contributed by atoms with Crippen molar-refractivity contribution < 1.29 is 23.9 Å². The van der Waals surface area contributed by atoms with Crippen LogP contribution in [0.5, 0.6) is 11.5 Å². The van der Waals surface area contributed by atoms with Gasteiger partial charge in [0.1, 0.15) is 30.0 Å². The highest BCUT2D eigenvalue weighted by molar-refractivity contribution is 6.07. The number of ketones is 2. The molecule has 0 aromatic heterocycles. The van der Waals surface area contributed by atoms with Crippen molar-refractivity contribution in [2.75, 3.05) is 6.61 Å². The van der Waals surface area contributed by atoms with Gasteiger partial charge in [0.2, 0.25) is 0 Å². The zero-order valence-electron chi connectivity index (χ0n) is 15.9. The van der Waals surface area contributed by atoms with Gasteiger partial charge in [-0.2, -0.15) is 0 Å². The third-order valence-electron chi connectivity index (χ3n) is 5.91. The van der Waals surface area contributed by atoms with Crippen LogP contribution in [-0.4, -0.2) is 41.1 Å². The van der Waals surface area contributed by atoms with Crippen LogP contribution in [0, 0.1) is 0 Å². The van der Waals surface area contributed by atoms with Crippen LogP contribution < -0.4 is 9.47 Å². The molecule has 0 radical (unpaired) electrons. The zero-order chi connectivity index (χ0) is 20.0. The quantitative estimate of drug-likeness (QED) is 0.750. The molecule has 0 N–H and O–H groups in total. The Labute approximate surface area is 168 Å². The van der Waals surface area contributed by atoms with Crippen LogP contribution in [-0.2, 0) is 22.6 Å². The summed E-state index contributed by atoms with van der Waals surface area (Å²) in [6, 6.07) is 12.9. The lowest BCUT2D eigenvalue weighted by Gasteiger charge is -2.29. The molecule has 6 heteroatoms. The lowest BCUT2D eigenvalue weighted by atomic mass is 9.92. The van der Waals surface area contributed by atoms with E-state index in [4.69, 9.17) is 9.47 Å². The van der Waals surface area contributed by atoms with E-state index in [2.05, 4.69) is 6.07 Å². The third kappa shape index (κ3) is 3.18. The van der Waals surface area contributed by atoms with Crippen molar-refractivity contribution in [1.82, 2.24) is 4.90 Å². The van der Waals surface area contributed by atoms with Crippen LogP contribution in [0.2, 0.25) is 0 Å². The Balaban J connectivity index is 1.30. The predicted octanol–water partition coefficient (Wildman–Crippen LogP) is 2.72. The monoisotopic (exact) mass is 391 g/mol. The fourth-order valence-corrected chi connectivity index (χ4v) is 4.43. The Kier molecular flexibility index (Phi) is 4.34. The molecule has 5 rings (SSSR count). The number of benzene rings is 2. The van der Waals surface area contributed by atoms with Crippen LogP contribution in [0.3, 0.4) is 0 Å². The summed E-state index contributed by atoms with van der Waals surface area (Å²) in [5, 5.41) is 0. The molecule has 2 aromatic carbocycles. The van der Waals surface area contributed by atoms with Gasteiger partial charge in [-0.1, -0.05) is 24.3 Å². The van der Waals surface area contributed by atoms with Crippen LogP contribution in [0.25, 0.3) is 0 Å². The maximum atomic E-state index is 12.9. The summed E-state index contributed by atoms with van der Waals surface area (Å²) in [6.07, 6.45) is 1.40. The summed E-state index contributed by atoms with van der Waals surface area (Å²) >= 11 is 0. The molecular formula is C23H21NO5. The van der Waals surface area contributed by atoms with Gasteiger partial charge in [-0.25, -0.2) is 0 Å². The number of carbonyl (C=O) groups is 3. The second-order valence-corrected chi connectivity index (χ2v) is 7.81. The SMILES string of the molecule is O=C1CCC(N2Cc3c(OCC4Cc5ccccc5O4)cccc3C2=O)C(=O)C1. The summed E-state index contributed by atoms with van der Waals surface area (Å²) in [5.74, 6) is 1.17. The number of fused-ring (bicyclic) bond motifs is 2. The van der Waals surface area contributed by atoms with Crippen molar-refractivity contribution in [1.29, 1.82) is 0 Å². The van der Waals surface area contributed by atoms with Crippen molar-refractivity contribution in [3.63, 3.8) is 0 Å². The van der Waals surface area contributed by atoms with Gasteiger partial charge in [0, 0.05) is 24.0 Å². The molecule has 2 unspecified atom stereocenters. The van der Waals surface area contributed by atoms with Gasteiger partial charge in [0.05, 0.1) is 19.0 Å². The highest BCUT2D eigenvalue weighted by atomic mass is 16.5. The van der Waals surface area contributed by atoms with E-state index in [1.165, 1.54) is 5.56 Å². The fourth-order valence-electron chi connectivity index (χ4n) is 4.43. The molecule has 1 fully saturated rings. The predicted molar refractivity (Wildman–Crippen MR) is 104 cm³/mol. The van der Waals surface area contributed by atoms with E-state index in [9.17, 15) is 14.4 Å². The van der Waals surface area contributed by atoms with Crippen LogP contribution >= 0.6 is 0 Å². The first-order valence-corrected chi connectivity index (χ1v) is 9.95.